The lowest BCUT2D eigenvalue weighted by molar-refractivity contribution is -0.229. The Kier molecular flexibility index (Phi) is 7.00. The molecule has 3 aliphatic rings. The Morgan fingerprint density at radius 2 is 1.47 bits per heavy atom. The third-order valence-electron chi connectivity index (χ3n) is 6.35. The summed E-state index contributed by atoms with van der Waals surface area (Å²) in [5, 5.41) is 9.63. The molecule has 43 heavy (non-hydrogen) atoms. The van der Waals surface area contributed by atoms with E-state index in [2.05, 4.69) is 4.74 Å². The molecule has 0 saturated carbocycles. The van der Waals surface area contributed by atoms with Crippen LogP contribution < -0.4 is 9.47 Å². The number of carboxylic acids is 1. The van der Waals surface area contributed by atoms with Crippen LogP contribution in [0.1, 0.15) is 47.2 Å². The van der Waals surface area contributed by atoms with Gasteiger partial charge in [0.05, 0.1) is 49.8 Å². The zero-order valence-corrected chi connectivity index (χ0v) is 23.9. The quantitative estimate of drug-likeness (QED) is 0.333. The smallest absolute Gasteiger partial charge is 0.316 e. The summed E-state index contributed by atoms with van der Waals surface area (Å²) >= 11 is 0. The van der Waals surface area contributed by atoms with Crippen LogP contribution in [0.4, 0.5) is 0 Å². The van der Waals surface area contributed by atoms with Crippen molar-refractivity contribution < 1.29 is 59.6 Å². The normalized spacial score (nSPS) is 33.1. The maximum Gasteiger partial charge on any atom is 0.316 e. The fourth-order valence-corrected chi connectivity index (χ4v) is 4.21. The molecule has 0 radical (unpaired) electrons. The molecular weight excluding hydrogens is 556 g/mol. The van der Waals surface area contributed by atoms with Gasteiger partial charge in [-0.25, -0.2) is 0 Å². The fourth-order valence-electron chi connectivity index (χ4n) is 4.21. The van der Waals surface area contributed by atoms with E-state index in [1.807, 2.05) is 0 Å². The molecule has 5 rings (SSSR count). The van der Waals surface area contributed by atoms with Crippen LogP contribution in [0.3, 0.4) is 0 Å². The third-order valence-corrected chi connectivity index (χ3v) is 6.35. The number of hydrogen-bond acceptors (Lipinski definition) is 10. The lowest BCUT2D eigenvalue weighted by Gasteiger charge is -2.42. The van der Waals surface area contributed by atoms with Gasteiger partial charge in [-0.2, -0.15) is 0 Å². The highest BCUT2D eigenvalue weighted by atomic mass is 16.7. The number of esters is 1. The van der Waals surface area contributed by atoms with E-state index in [1.54, 1.807) is 48.5 Å². The average Bonchev–Trinajstić information content (AvgIpc) is 3.59. The van der Waals surface area contributed by atoms with Gasteiger partial charge in [0.2, 0.25) is 0 Å². The van der Waals surface area contributed by atoms with Crippen molar-refractivity contribution >= 4 is 17.7 Å². The Balaban J connectivity index is 0.000000245. The fraction of sp³-hybridized carbons (Fsp3) is 0.531. The van der Waals surface area contributed by atoms with Gasteiger partial charge in [-0.15, -0.1) is 0 Å². The van der Waals surface area contributed by atoms with Crippen molar-refractivity contribution in [2.24, 2.45) is 11.8 Å². The summed E-state index contributed by atoms with van der Waals surface area (Å²) in [5.74, 6) is -10.2. The predicted octanol–water partition coefficient (Wildman–Crippen LogP) is 2.99. The summed E-state index contributed by atoms with van der Waals surface area (Å²) in [6.45, 7) is -11.3. The summed E-state index contributed by atoms with van der Waals surface area (Å²) in [6.07, 6.45) is -6.00. The number of hydrogen-bond donors (Lipinski definition) is 1. The van der Waals surface area contributed by atoms with Crippen LogP contribution in [0.25, 0.3) is 0 Å². The Morgan fingerprint density at radius 1 is 0.930 bits per heavy atom. The first-order valence-corrected chi connectivity index (χ1v) is 13.4. The number of likely N-dealkylation sites (tertiary alicyclic amines) is 2. The second-order valence-corrected chi connectivity index (χ2v) is 9.29. The number of rotatable bonds is 9. The summed E-state index contributed by atoms with van der Waals surface area (Å²) < 4.78 is 125. The summed E-state index contributed by atoms with van der Waals surface area (Å²) in [7, 11) is 2.95. The van der Waals surface area contributed by atoms with E-state index in [0.29, 0.717) is 32.4 Å². The molecule has 3 heterocycles. The molecule has 1 N–H and O–H groups in total. The number of carbonyl (C=O) groups excluding carboxylic acids is 2. The van der Waals surface area contributed by atoms with Crippen LogP contribution in [0.15, 0.2) is 48.5 Å². The molecule has 3 aliphatic heterocycles. The lowest BCUT2D eigenvalue weighted by Crippen LogP contribution is -2.56. The molecule has 2 unspecified atom stereocenters. The maximum atomic E-state index is 12.6. The second-order valence-electron chi connectivity index (χ2n) is 9.29. The number of benzene rings is 2. The van der Waals surface area contributed by atoms with Gasteiger partial charge in [0.1, 0.15) is 23.3 Å². The number of piperidine rings is 2. The molecule has 234 valence electrons. The monoisotopic (exact) mass is 610 g/mol. The number of ether oxygens (including phenoxy) is 5. The van der Waals surface area contributed by atoms with Gasteiger partial charge in [-0.3, -0.25) is 24.2 Å². The van der Waals surface area contributed by atoms with Gasteiger partial charge in [0, 0.05) is 33.3 Å². The standard InChI is InChI=1S/C16H21NO5.C16H21NO4/c1-20-13-4-2-12(3-5-13)10-17-7-6-14(15(18)19)16(11-17)21-8-9-22-16;1-3-21-16(19)14-8-9-17(11-15(14)18)10-12-4-6-13(20-2)7-5-12/h2-5,14H,6-11H2,1H3,(H,18,19);4-7,14H,3,8-11H2,1-2H3/i6D2,7D2,11D2;8D2,9D2,11D2. The minimum atomic E-state index is -3.01. The van der Waals surface area contributed by atoms with Gasteiger partial charge < -0.3 is 28.8 Å². The zero-order valence-electron chi connectivity index (χ0n) is 35.9. The van der Waals surface area contributed by atoms with E-state index in [-0.39, 0.29) is 32.9 Å². The van der Waals surface area contributed by atoms with Crippen molar-refractivity contribution in [1.82, 2.24) is 9.80 Å². The first-order valence-electron chi connectivity index (χ1n) is 19.4. The molecule has 0 bridgehead atoms. The second kappa shape index (κ2) is 15.3. The van der Waals surface area contributed by atoms with Crippen molar-refractivity contribution in [2.45, 2.75) is 38.5 Å². The number of nitrogens with zero attached hydrogens (tertiary/aromatic N) is 2. The van der Waals surface area contributed by atoms with Crippen molar-refractivity contribution in [2.75, 3.05) is 60.0 Å². The van der Waals surface area contributed by atoms with E-state index in [1.165, 1.54) is 21.1 Å². The van der Waals surface area contributed by atoms with Crippen molar-refractivity contribution in [1.29, 1.82) is 0 Å². The first-order chi connectivity index (χ1) is 25.3. The topological polar surface area (TPSA) is 124 Å². The van der Waals surface area contributed by atoms with Crippen LogP contribution in [-0.4, -0.2) is 98.4 Å². The maximum absolute atomic E-state index is 12.6. The first kappa shape index (κ1) is 19.7. The molecule has 0 aliphatic carbocycles. The van der Waals surface area contributed by atoms with E-state index < -0.39 is 74.1 Å². The number of carboxylic acid groups (broad SMARTS) is 1. The number of carbonyl (C=O) groups is 3. The Labute approximate surface area is 269 Å². The average molecular weight is 611 g/mol. The highest BCUT2D eigenvalue weighted by Crippen LogP contribution is 2.36. The Bertz CT molecular complexity index is 1720. The van der Waals surface area contributed by atoms with Gasteiger partial charge in [0.15, 0.2) is 11.6 Å². The van der Waals surface area contributed by atoms with Gasteiger partial charge in [0.25, 0.3) is 0 Å². The van der Waals surface area contributed by atoms with Gasteiger partial charge in [-0.05, 0) is 61.6 Å². The van der Waals surface area contributed by atoms with Crippen LogP contribution >= 0.6 is 0 Å². The molecule has 11 nitrogen and oxygen atoms in total. The van der Waals surface area contributed by atoms with Crippen LogP contribution in [0.2, 0.25) is 0 Å². The minimum Gasteiger partial charge on any atom is -0.497 e. The minimum absolute atomic E-state index is 0.126. The Hall–Kier alpha value is -3.51. The summed E-state index contributed by atoms with van der Waals surface area (Å²) in [4.78, 5) is 37.7. The van der Waals surface area contributed by atoms with Crippen LogP contribution in [0, 0.1) is 11.8 Å². The number of Topliss-reactive ketones (excluding diaryl/α,β-unsaturated/α-hetero) is 1. The number of ketones is 1. The van der Waals surface area contributed by atoms with E-state index in [4.69, 9.17) is 35.4 Å². The molecule has 2 aromatic rings. The molecule has 3 saturated heterocycles. The number of aliphatic carboxylic acids is 1. The summed E-state index contributed by atoms with van der Waals surface area (Å²) in [6, 6.07) is 12.7. The van der Waals surface area contributed by atoms with E-state index >= 15 is 0 Å². The Morgan fingerprint density at radius 3 is 1.98 bits per heavy atom. The molecule has 0 amide bonds. The predicted molar refractivity (Wildman–Crippen MR) is 157 cm³/mol. The molecule has 11 heteroatoms. The third kappa shape index (κ3) is 8.54. The molecule has 2 aromatic carbocycles. The molecule has 1 spiro atoms. The van der Waals surface area contributed by atoms with Crippen LogP contribution in [0.5, 0.6) is 11.5 Å². The lowest BCUT2D eigenvalue weighted by atomic mass is 9.90. The largest absolute Gasteiger partial charge is 0.497 e. The molecule has 2 atom stereocenters. The van der Waals surface area contributed by atoms with Gasteiger partial charge >= 0.3 is 11.9 Å². The SMILES string of the molecule is [2H]C1([2H])C(=O)C(C(=O)OCC)C([2H])([2H])C([2H])([2H])N1Cc1ccc(OC)cc1.[2H]C1([2H])C(C(=O)O)C2(OCCO2)C([2H])([2H])N(Cc2ccc(OC)cc2)C1([2H])[2H]. The number of methoxy groups -OCH3 is 2. The molecule has 3 fully saturated rings. The highest BCUT2D eigenvalue weighted by molar-refractivity contribution is 6.00. The van der Waals surface area contributed by atoms with Crippen molar-refractivity contribution in [3.8, 4) is 11.5 Å². The van der Waals surface area contributed by atoms with Crippen molar-refractivity contribution in [3.05, 3.63) is 59.7 Å². The molecular formula is C32H42N2O9. The van der Waals surface area contributed by atoms with E-state index in [0.717, 1.165) is 0 Å². The molecule has 0 aromatic heterocycles. The summed E-state index contributed by atoms with van der Waals surface area (Å²) in [5.41, 5.74) is 0.924. The van der Waals surface area contributed by atoms with Crippen molar-refractivity contribution in [3.63, 3.8) is 0 Å². The highest BCUT2D eigenvalue weighted by Gasteiger charge is 2.51. The van der Waals surface area contributed by atoms with E-state index in [9.17, 15) is 19.5 Å². The van der Waals surface area contributed by atoms with Crippen LogP contribution in [-0.2, 0) is 41.7 Å². The zero-order chi connectivity index (χ0) is 41.6. The van der Waals surface area contributed by atoms with Gasteiger partial charge in [-0.1, -0.05) is 24.3 Å².